The van der Waals surface area contributed by atoms with Gasteiger partial charge in [0, 0.05) is 0 Å². The van der Waals surface area contributed by atoms with Crippen LogP contribution in [0.15, 0.2) is 11.3 Å². The molecule has 0 aromatic rings. The van der Waals surface area contributed by atoms with Crippen molar-refractivity contribution in [1.29, 1.82) is 0 Å². The molecule has 1 rings (SSSR count). The second-order valence-corrected chi connectivity index (χ2v) is 11.6. The van der Waals surface area contributed by atoms with Crippen LogP contribution in [0, 0.1) is 11.3 Å². The lowest BCUT2D eigenvalue weighted by Crippen LogP contribution is -2.20. The Morgan fingerprint density at radius 3 is 2.44 bits per heavy atom. The van der Waals surface area contributed by atoms with Gasteiger partial charge in [-0.3, -0.25) is 4.79 Å². The van der Waals surface area contributed by atoms with E-state index in [-0.39, 0.29) is 17.3 Å². The minimum Gasteiger partial charge on any atom is -0.469 e. The van der Waals surface area contributed by atoms with E-state index in [2.05, 4.69) is 39.2 Å². The van der Waals surface area contributed by atoms with Crippen LogP contribution in [0.4, 0.5) is 0 Å². The summed E-state index contributed by atoms with van der Waals surface area (Å²) < 4.78 is 4.85. The second kappa shape index (κ2) is 4.36. The molecule has 0 amide bonds. The lowest BCUT2D eigenvalue weighted by atomic mass is 9.87. The van der Waals surface area contributed by atoms with Gasteiger partial charge in [0.2, 0.25) is 0 Å². The predicted molar refractivity (Wildman–Crippen MR) is 70.0 cm³/mol. The predicted octanol–water partition coefficient (Wildman–Crippen LogP) is 3.40. The van der Waals surface area contributed by atoms with Crippen LogP contribution in [0.25, 0.3) is 0 Å². The van der Waals surface area contributed by atoms with Gasteiger partial charge in [0.05, 0.1) is 21.1 Å². The lowest BCUT2D eigenvalue weighted by Gasteiger charge is -2.23. The fraction of sp³-hybridized carbons (Fsp3) is 0.769. The Bertz CT molecular complexity index is 310. The maximum atomic E-state index is 11.6. The molecule has 1 fully saturated rings. The number of carbonyl (C=O) groups is 1. The highest BCUT2D eigenvalue weighted by molar-refractivity contribution is 6.81. The molecule has 0 radical (unpaired) electrons. The first kappa shape index (κ1) is 13.5. The molecule has 92 valence electrons. The molecule has 0 aliphatic heterocycles. The number of hydrogen-bond donors (Lipinski definition) is 0. The molecule has 0 aromatic carbocycles. The van der Waals surface area contributed by atoms with E-state index in [9.17, 15) is 4.79 Å². The van der Waals surface area contributed by atoms with Crippen LogP contribution in [0.5, 0.6) is 0 Å². The van der Waals surface area contributed by atoms with Crippen LogP contribution >= 0.6 is 0 Å². The van der Waals surface area contributed by atoms with E-state index in [4.69, 9.17) is 4.74 Å². The summed E-state index contributed by atoms with van der Waals surface area (Å²) in [4.78, 5) is 11.6. The molecule has 1 unspecified atom stereocenters. The number of allylic oxidation sites excluding steroid dienone is 1. The third kappa shape index (κ3) is 3.21. The number of methoxy groups -OCH3 is 1. The van der Waals surface area contributed by atoms with Crippen LogP contribution < -0.4 is 0 Å². The first-order valence-corrected chi connectivity index (χ1v) is 9.53. The van der Waals surface area contributed by atoms with Crippen molar-refractivity contribution in [3.63, 3.8) is 0 Å². The Labute approximate surface area is 100 Å². The van der Waals surface area contributed by atoms with Crippen LogP contribution in [0.3, 0.4) is 0 Å². The molecule has 0 aromatic heterocycles. The minimum absolute atomic E-state index is 0.0490. The molecule has 16 heavy (non-hydrogen) atoms. The maximum Gasteiger partial charge on any atom is 0.309 e. The van der Waals surface area contributed by atoms with E-state index in [1.165, 1.54) is 12.7 Å². The molecular weight excluding hydrogens is 216 g/mol. The van der Waals surface area contributed by atoms with Gasteiger partial charge in [-0.2, -0.15) is 0 Å². The van der Waals surface area contributed by atoms with Gasteiger partial charge in [-0.1, -0.05) is 44.8 Å². The van der Waals surface area contributed by atoms with Crippen molar-refractivity contribution in [2.45, 2.75) is 46.3 Å². The zero-order valence-electron chi connectivity index (χ0n) is 11.4. The van der Waals surface area contributed by atoms with E-state index in [1.807, 2.05) is 0 Å². The summed E-state index contributed by atoms with van der Waals surface area (Å²) in [7, 11) is 0.282. The molecule has 0 spiro atoms. The fourth-order valence-corrected chi connectivity index (χ4v) is 4.03. The molecule has 1 atom stereocenters. The Kier molecular flexibility index (Phi) is 3.68. The van der Waals surface area contributed by atoms with Gasteiger partial charge >= 0.3 is 5.97 Å². The van der Waals surface area contributed by atoms with E-state index in [0.717, 1.165) is 12.8 Å². The highest BCUT2D eigenvalue weighted by Gasteiger charge is 2.40. The third-order valence-electron chi connectivity index (χ3n) is 3.23. The van der Waals surface area contributed by atoms with Crippen molar-refractivity contribution < 1.29 is 9.53 Å². The van der Waals surface area contributed by atoms with Crippen molar-refractivity contribution in [2.24, 2.45) is 11.3 Å². The molecule has 3 heteroatoms. The smallest absolute Gasteiger partial charge is 0.309 e. The first-order valence-electron chi connectivity index (χ1n) is 5.96. The number of carbonyl (C=O) groups excluding carboxylic acids is 1. The summed E-state index contributed by atoms with van der Waals surface area (Å²) in [5.41, 5.74) is 4.08. The van der Waals surface area contributed by atoms with Crippen molar-refractivity contribution in [3.8, 4) is 0 Å². The Morgan fingerprint density at radius 2 is 2.00 bits per heavy atom. The Hall–Kier alpha value is -0.573. The maximum absolute atomic E-state index is 11.6. The highest BCUT2D eigenvalue weighted by Crippen LogP contribution is 2.46. The molecule has 0 heterocycles. The van der Waals surface area contributed by atoms with E-state index < -0.39 is 8.07 Å². The molecule has 2 nitrogen and oxygen atoms in total. The summed E-state index contributed by atoms with van der Waals surface area (Å²) in [6.45, 7) is 11.5. The molecular formula is C13H24O2Si. The molecule has 0 bridgehead atoms. The van der Waals surface area contributed by atoms with Crippen LogP contribution in [-0.4, -0.2) is 21.2 Å². The van der Waals surface area contributed by atoms with Gasteiger partial charge in [0.25, 0.3) is 0 Å². The molecule has 0 N–H and O–H groups in total. The van der Waals surface area contributed by atoms with Crippen molar-refractivity contribution in [1.82, 2.24) is 0 Å². The van der Waals surface area contributed by atoms with Gasteiger partial charge in [-0.25, -0.2) is 0 Å². The van der Waals surface area contributed by atoms with Crippen molar-refractivity contribution >= 4 is 14.0 Å². The van der Waals surface area contributed by atoms with Gasteiger partial charge in [-0.15, -0.1) is 0 Å². The zero-order chi connectivity index (χ0) is 12.6. The fourth-order valence-electron chi connectivity index (χ4n) is 2.47. The summed E-state index contributed by atoms with van der Waals surface area (Å²) in [5.74, 6) is 0.0228. The van der Waals surface area contributed by atoms with Crippen LogP contribution in [0.2, 0.25) is 19.6 Å². The number of hydrogen-bond acceptors (Lipinski definition) is 2. The second-order valence-electron chi connectivity index (χ2n) is 6.55. The van der Waals surface area contributed by atoms with Gasteiger partial charge in [0.1, 0.15) is 0 Å². The summed E-state index contributed by atoms with van der Waals surface area (Å²) in [5, 5.41) is 0. The summed E-state index contributed by atoms with van der Waals surface area (Å²) in [6, 6.07) is 0. The van der Waals surface area contributed by atoms with Gasteiger partial charge in [-0.05, 0) is 18.3 Å². The number of ether oxygens (including phenoxy) is 1. The molecule has 1 aliphatic rings. The molecule has 1 aliphatic carbocycles. The highest BCUT2D eigenvalue weighted by atomic mass is 28.3. The van der Waals surface area contributed by atoms with Crippen molar-refractivity contribution in [3.05, 3.63) is 11.3 Å². The Morgan fingerprint density at radius 1 is 1.44 bits per heavy atom. The van der Waals surface area contributed by atoms with Crippen LogP contribution in [-0.2, 0) is 9.53 Å². The SMILES string of the molecule is COC(=O)C1C/C(=C\[Si](C)(C)C)C(C)(C)C1. The van der Waals surface area contributed by atoms with Crippen molar-refractivity contribution in [2.75, 3.05) is 7.11 Å². The topological polar surface area (TPSA) is 26.3 Å². The summed E-state index contributed by atoms with van der Waals surface area (Å²) >= 11 is 0. The van der Waals surface area contributed by atoms with E-state index in [1.54, 1.807) is 0 Å². The number of esters is 1. The lowest BCUT2D eigenvalue weighted by molar-refractivity contribution is -0.145. The molecule has 0 saturated heterocycles. The summed E-state index contributed by atoms with van der Waals surface area (Å²) in [6.07, 6.45) is 1.82. The molecule has 1 saturated carbocycles. The average Bonchev–Trinajstić information content (AvgIpc) is 2.38. The quantitative estimate of drug-likeness (QED) is 0.546. The largest absolute Gasteiger partial charge is 0.469 e. The minimum atomic E-state index is -1.20. The standard InChI is InChI=1S/C13H24O2Si/c1-13(2)8-10(12(14)15-3)7-11(13)9-16(4,5)6/h9-10H,7-8H2,1-6H3/b11-9+. The Balaban J connectivity index is 2.90. The number of rotatable bonds is 2. The van der Waals surface area contributed by atoms with Gasteiger partial charge < -0.3 is 4.74 Å². The van der Waals surface area contributed by atoms with E-state index >= 15 is 0 Å². The van der Waals surface area contributed by atoms with Gasteiger partial charge in [0.15, 0.2) is 0 Å². The van der Waals surface area contributed by atoms with E-state index in [0.29, 0.717) is 0 Å². The monoisotopic (exact) mass is 240 g/mol. The zero-order valence-corrected chi connectivity index (χ0v) is 12.4. The third-order valence-corrected chi connectivity index (χ3v) is 4.45. The first-order chi connectivity index (χ1) is 7.15. The normalized spacial score (nSPS) is 27.1. The average molecular weight is 240 g/mol. The van der Waals surface area contributed by atoms with Crippen LogP contribution in [0.1, 0.15) is 26.7 Å².